The summed E-state index contributed by atoms with van der Waals surface area (Å²) in [4.78, 5) is 23.6. The predicted molar refractivity (Wildman–Crippen MR) is 101 cm³/mol. The Morgan fingerprint density at radius 1 is 0.852 bits per heavy atom. The SMILES string of the molecule is [NH3+][C@@H](CCCCNC(=O)OCc1ccccc1)C(=O)OCc1ccccc1. The highest BCUT2D eigenvalue weighted by Crippen LogP contribution is 2.04. The summed E-state index contributed by atoms with van der Waals surface area (Å²) in [6.07, 6.45) is 1.70. The first kappa shape index (κ1) is 20.5. The number of hydrogen-bond acceptors (Lipinski definition) is 4. The Balaban J connectivity index is 1.51. The third-order valence-corrected chi connectivity index (χ3v) is 4.02. The molecule has 0 spiro atoms. The number of alkyl carbamates (subject to hydrolysis) is 1. The fourth-order valence-electron chi connectivity index (χ4n) is 2.44. The van der Waals surface area contributed by atoms with Gasteiger partial charge < -0.3 is 20.5 Å². The average molecular weight is 371 g/mol. The van der Waals surface area contributed by atoms with Crippen molar-refractivity contribution in [3.8, 4) is 0 Å². The van der Waals surface area contributed by atoms with Crippen LogP contribution in [0.25, 0.3) is 0 Å². The number of esters is 1. The summed E-state index contributed by atoms with van der Waals surface area (Å²) >= 11 is 0. The molecule has 0 heterocycles. The average Bonchev–Trinajstić information content (AvgIpc) is 2.71. The summed E-state index contributed by atoms with van der Waals surface area (Å²) in [5, 5.41) is 2.70. The van der Waals surface area contributed by atoms with Crippen molar-refractivity contribution in [2.45, 2.75) is 38.5 Å². The van der Waals surface area contributed by atoms with Gasteiger partial charge in [-0.2, -0.15) is 0 Å². The summed E-state index contributed by atoms with van der Waals surface area (Å²) in [6, 6.07) is 18.7. The van der Waals surface area contributed by atoms with Crippen LogP contribution in [0.15, 0.2) is 60.7 Å². The zero-order chi connectivity index (χ0) is 19.3. The van der Waals surface area contributed by atoms with Crippen LogP contribution in [0.1, 0.15) is 30.4 Å². The number of carbonyl (C=O) groups is 2. The maximum atomic E-state index is 11.9. The van der Waals surface area contributed by atoms with E-state index in [-0.39, 0.29) is 19.2 Å². The Morgan fingerprint density at radius 2 is 1.41 bits per heavy atom. The van der Waals surface area contributed by atoms with Crippen LogP contribution in [0, 0.1) is 0 Å². The molecule has 6 heteroatoms. The molecule has 4 N–H and O–H groups in total. The van der Waals surface area contributed by atoms with Crippen LogP contribution in [0.3, 0.4) is 0 Å². The molecule has 0 unspecified atom stereocenters. The maximum Gasteiger partial charge on any atom is 0.407 e. The maximum absolute atomic E-state index is 11.9. The summed E-state index contributed by atoms with van der Waals surface area (Å²) < 4.78 is 10.4. The normalized spacial score (nSPS) is 11.4. The monoisotopic (exact) mass is 371 g/mol. The molecule has 144 valence electrons. The van der Waals surface area contributed by atoms with E-state index in [9.17, 15) is 9.59 Å². The molecule has 1 atom stereocenters. The molecule has 0 aliphatic rings. The molecule has 2 aromatic carbocycles. The number of hydrogen-bond donors (Lipinski definition) is 2. The first-order chi connectivity index (χ1) is 13.1. The zero-order valence-electron chi connectivity index (χ0n) is 15.4. The van der Waals surface area contributed by atoms with Gasteiger partial charge in [0.25, 0.3) is 0 Å². The second kappa shape index (κ2) is 11.7. The predicted octanol–water partition coefficient (Wildman–Crippen LogP) is 2.44. The topological polar surface area (TPSA) is 92.3 Å². The van der Waals surface area contributed by atoms with Crippen molar-refractivity contribution < 1.29 is 24.8 Å². The van der Waals surface area contributed by atoms with Crippen molar-refractivity contribution in [1.82, 2.24) is 5.32 Å². The third kappa shape index (κ3) is 8.37. The van der Waals surface area contributed by atoms with Crippen LogP contribution < -0.4 is 11.1 Å². The fourth-order valence-corrected chi connectivity index (χ4v) is 2.44. The Morgan fingerprint density at radius 3 is 2.00 bits per heavy atom. The lowest BCUT2D eigenvalue weighted by Crippen LogP contribution is -2.65. The second-order valence-electron chi connectivity index (χ2n) is 6.27. The van der Waals surface area contributed by atoms with E-state index in [1.54, 1.807) is 0 Å². The van der Waals surface area contributed by atoms with Crippen molar-refractivity contribution >= 4 is 12.1 Å². The van der Waals surface area contributed by atoms with Crippen LogP contribution in [0.4, 0.5) is 4.79 Å². The van der Waals surface area contributed by atoms with Gasteiger partial charge in [-0.3, -0.25) is 0 Å². The standard InChI is InChI=1S/C21H26N2O4/c22-19(20(24)26-15-17-9-3-1-4-10-17)13-7-8-14-23-21(25)27-16-18-11-5-2-6-12-18/h1-6,9-12,19H,7-8,13-16,22H2,(H,23,25)/p+1/t19-/m0/s1. The number of ether oxygens (including phenoxy) is 2. The Kier molecular flexibility index (Phi) is 8.86. The van der Waals surface area contributed by atoms with Gasteiger partial charge in [-0.25, -0.2) is 9.59 Å². The Labute approximate surface area is 159 Å². The van der Waals surface area contributed by atoms with Crippen LogP contribution in [-0.2, 0) is 27.5 Å². The van der Waals surface area contributed by atoms with E-state index in [0.29, 0.717) is 13.0 Å². The van der Waals surface area contributed by atoms with E-state index in [4.69, 9.17) is 9.47 Å². The van der Waals surface area contributed by atoms with Crippen LogP contribution in [0.5, 0.6) is 0 Å². The van der Waals surface area contributed by atoms with Gasteiger partial charge in [0.05, 0.1) is 0 Å². The molecule has 0 fully saturated rings. The molecular formula is C21H27N2O4+. The number of quaternary nitrogens is 1. The lowest BCUT2D eigenvalue weighted by molar-refractivity contribution is -0.410. The Hall–Kier alpha value is -2.86. The number of carbonyl (C=O) groups excluding carboxylic acids is 2. The molecule has 1 amide bonds. The molecule has 27 heavy (non-hydrogen) atoms. The molecule has 2 aromatic rings. The number of amides is 1. The molecule has 0 aliphatic heterocycles. The van der Waals surface area contributed by atoms with Gasteiger partial charge in [-0.1, -0.05) is 60.7 Å². The van der Waals surface area contributed by atoms with Crippen molar-refractivity contribution in [2.75, 3.05) is 6.54 Å². The molecule has 0 radical (unpaired) electrons. The molecule has 0 bridgehead atoms. The summed E-state index contributed by atoms with van der Waals surface area (Å²) in [7, 11) is 0. The lowest BCUT2D eigenvalue weighted by atomic mass is 10.1. The fraction of sp³-hybridized carbons (Fsp3) is 0.333. The minimum Gasteiger partial charge on any atom is -0.456 e. The van der Waals surface area contributed by atoms with E-state index >= 15 is 0 Å². The molecule has 0 aliphatic carbocycles. The van der Waals surface area contributed by atoms with E-state index < -0.39 is 12.1 Å². The smallest absolute Gasteiger partial charge is 0.407 e. The molecule has 0 saturated carbocycles. The van der Waals surface area contributed by atoms with Crippen molar-refractivity contribution in [2.24, 2.45) is 0 Å². The van der Waals surface area contributed by atoms with Crippen molar-refractivity contribution in [1.29, 1.82) is 0 Å². The zero-order valence-corrected chi connectivity index (χ0v) is 15.4. The van der Waals surface area contributed by atoms with Gasteiger partial charge in [-0.05, 0) is 24.0 Å². The van der Waals surface area contributed by atoms with Gasteiger partial charge in [0, 0.05) is 13.0 Å². The summed E-state index contributed by atoms with van der Waals surface area (Å²) in [5.41, 5.74) is 5.76. The van der Waals surface area contributed by atoms with Crippen molar-refractivity contribution in [3.63, 3.8) is 0 Å². The quantitative estimate of drug-likeness (QED) is 0.496. The minimum atomic E-state index is -0.438. The number of nitrogens with one attached hydrogen (secondary N) is 1. The van der Waals surface area contributed by atoms with E-state index in [2.05, 4.69) is 11.1 Å². The number of unbranched alkanes of at least 4 members (excludes halogenated alkanes) is 1. The molecule has 0 saturated heterocycles. The molecular weight excluding hydrogens is 344 g/mol. The minimum absolute atomic E-state index is 0.251. The highest BCUT2D eigenvalue weighted by atomic mass is 16.5. The van der Waals surface area contributed by atoms with Gasteiger partial charge in [-0.15, -0.1) is 0 Å². The first-order valence-corrected chi connectivity index (χ1v) is 9.13. The summed E-state index contributed by atoms with van der Waals surface area (Å²) in [5.74, 6) is -0.297. The van der Waals surface area contributed by atoms with E-state index in [0.717, 1.165) is 24.0 Å². The van der Waals surface area contributed by atoms with Crippen LogP contribution >= 0.6 is 0 Å². The summed E-state index contributed by atoms with van der Waals surface area (Å²) in [6.45, 7) is 1.01. The highest BCUT2D eigenvalue weighted by molar-refractivity contribution is 5.73. The Bertz CT molecular complexity index is 692. The second-order valence-corrected chi connectivity index (χ2v) is 6.27. The highest BCUT2D eigenvalue weighted by Gasteiger charge is 2.18. The number of rotatable bonds is 10. The van der Waals surface area contributed by atoms with Gasteiger partial charge >= 0.3 is 12.1 Å². The van der Waals surface area contributed by atoms with Gasteiger partial charge in [0.2, 0.25) is 0 Å². The van der Waals surface area contributed by atoms with Crippen LogP contribution in [-0.4, -0.2) is 24.6 Å². The van der Waals surface area contributed by atoms with E-state index in [1.807, 2.05) is 60.7 Å². The van der Waals surface area contributed by atoms with Gasteiger partial charge in [0.15, 0.2) is 6.04 Å². The molecule has 6 nitrogen and oxygen atoms in total. The van der Waals surface area contributed by atoms with E-state index in [1.165, 1.54) is 0 Å². The molecule has 2 rings (SSSR count). The van der Waals surface area contributed by atoms with Gasteiger partial charge in [0.1, 0.15) is 13.2 Å². The number of benzene rings is 2. The lowest BCUT2D eigenvalue weighted by Gasteiger charge is -2.10. The molecule has 0 aromatic heterocycles. The van der Waals surface area contributed by atoms with Crippen LogP contribution in [0.2, 0.25) is 0 Å². The van der Waals surface area contributed by atoms with Crippen molar-refractivity contribution in [3.05, 3.63) is 71.8 Å². The third-order valence-electron chi connectivity index (χ3n) is 4.02. The first-order valence-electron chi connectivity index (χ1n) is 9.13. The largest absolute Gasteiger partial charge is 0.456 e.